The molecule has 1 aliphatic carbocycles. The molecule has 1 unspecified atom stereocenters. The molecule has 0 bridgehead atoms. The topological polar surface area (TPSA) is 72.8 Å². The molecule has 17 heavy (non-hydrogen) atoms. The van der Waals surface area contributed by atoms with Crippen LogP contribution in [0.3, 0.4) is 0 Å². The lowest BCUT2D eigenvalue weighted by Gasteiger charge is -2.14. The maximum Gasteiger partial charge on any atom is 0.311 e. The third kappa shape index (κ3) is 1.63. The molecular weight excluding hydrogens is 224 g/mol. The first-order valence-corrected chi connectivity index (χ1v) is 5.11. The van der Waals surface area contributed by atoms with Gasteiger partial charge in [-0.3, -0.25) is 9.59 Å². The van der Waals surface area contributed by atoms with E-state index in [0.717, 1.165) is 0 Å². The number of hydrogen-bond acceptors (Lipinski definition) is 4. The summed E-state index contributed by atoms with van der Waals surface area (Å²) in [6, 6.07) is 3.20. The van der Waals surface area contributed by atoms with Gasteiger partial charge in [-0.25, -0.2) is 0 Å². The molecular formula is C12H12O5. The van der Waals surface area contributed by atoms with Crippen LogP contribution in [0.2, 0.25) is 0 Å². The third-order valence-corrected chi connectivity index (χ3v) is 2.92. The van der Waals surface area contributed by atoms with Crippen LogP contribution >= 0.6 is 0 Å². The van der Waals surface area contributed by atoms with E-state index >= 15 is 0 Å². The van der Waals surface area contributed by atoms with Crippen LogP contribution in [0, 0.1) is 0 Å². The van der Waals surface area contributed by atoms with E-state index in [1.807, 2.05) is 0 Å². The van der Waals surface area contributed by atoms with Gasteiger partial charge in [0.05, 0.1) is 20.1 Å². The number of hydrogen-bond donors (Lipinski definition) is 1. The summed E-state index contributed by atoms with van der Waals surface area (Å²) in [5.41, 5.74) is 0.833. The van der Waals surface area contributed by atoms with Gasteiger partial charge in [0.25, 0.3) is 0 Å². The fraction of sp³-hybridized carbons (Fsp3) is 0.333. The second kappa shape index (κ2) is 4.08. The van der Waals surface area contributed by atoms with Crippen LogP contribution in [0.25, 0.3) is 0 Å². The van der Waals surface area contributed by atoms with Gasteiger partial charge in [-0.05, 0) is 12.1 Å². The van der Waals surface area contributed by atoms with Crippen LogP contribution < -0.4 is 9.47 Å². The van der Waals surface area contributed by atoms with Crippen LogP contribution in [0.15, 0.2) is 12.1 Å². The Labute approximate surface area is 98.0 Å². The molecule has 0 aliphatic heterocycles. The molecule has 0 aromatic heterocycles. The highest BCUT2D eigenvalue weighted by Gasteiger charge is 2.38. The molecule has 5 nitrogen and oxygen atoms in total. The second-order valence-corrected chi connectivity index (χ2v) is 3.78. The summed E-state index contributed by atoms with van der Waals surface area (Å²) in [5.74, 6) is -1.27. The maximum atomic E-state index is 11.7. The Morgan fingerprint density at radius 2 is 2.06 bits per heavy atom. The summed E-state index contributed by atoms with van der Waals surface area (Å²) >= 11 is 0. The molecule has 0 fully saturated rings. The highest BCUT2D eigenvalue weighted by atomic mass is 16.5. The summed E-state index contributed by atoms with van der Waals surface area (Å²) < 4.78 is 10.3. The number of carboxylic acid groups (broad SMARTS) is 1. The largest absolute Gasteiger partial charge is 0.493 e. The number of aliphatic carboxylic acids is 1. The molecule has 0 saturated carbocycles. The number of carboxylic acids is 1. The number of carbonyl (C=O) groups is 2. The zero-order valence-electron chi connectivity index (χ0n) is 9.52. The Hall–Kier alpha value is -2.04. The quantitative estimate of drug-likeness (QED) is 0.860. The van der Waals surface area contributed by atoms with Crippen LogP contribution in [-0.4, -0.2) is 31.1 Å². The van der Waals surface area contributed by atoms with E-state index in [1.165, 1.54) is 14.2 Å². The molecule has 1 N–H and O–H groups in total. The minimum absolute atomic E-state index is 0.0196. The minimum atomic E-state index is -1.02. The van der Waals surface area contributed by atoms with Crippen LogP contribution in [0.4, 0.5) is 0 Å². The first kappa shape index (κ1) is 11.4. The van der Waals surface area contributed by atoms with Crippen molar-refractivity contribution in [3.8, 4) is 11.5 Å². The van der Waals surface area contributed by atoms with Crippen molar-refractivity contribution in [3.63, 3.8) is 0 Å². The van der Waals surface area contributed by atoms with Gasteiger partial charge >= 0.3 is 5.97 Å². The molecule has 0 saturated heterocycles. The second-order valence-electron chi connectivity index (χ2n) is 3.78. The van der Waals surface area contributed by atoms with Gasteiger partial charge in [0.15, 0.2) is 17.3 Å². The molecule has 1 atom stereocenters. The average molecular weight is 236 g/mol. The number of rotatable bonds is 3. The lowest BCUT2D eigenvalue weighted by molar-refractivity contribution is -0.138. The van der Waals surface area contributed by atoms with Gasteiger partial charge in [0.1, 0.15) is 0 Å². The molecule has 0 amide bonds. The van der Waals surface area contributed by atoms with E-state index in [-0.39, 0.29) is 12.2 Å². The molecule has 0 heterocycles. The zero-order chi connectivity index (χ0) is 12.6. The molecule has 0 spiro atoms. The fourth-order valence-electron chi connectivity index (χ4n) is 2.15. The number of benzene rings is 1. The van der Waals surface area contributed by atoms with Crippen molar-refractivity contribution >= 4 is 11.8 Å². The SMILES string of the molecule is COc1ccc2c(c1OC)C(C(=O)O)CC2=O. The Bertz CT molecular complexity index is 492. The van der Waals surface area contributed by atoms with Crippen molar-refractivity contribution in [1.82, 2.24) is 0 Å². The van der Waals surface area contributed by atoms with Gasteiger partial charge in [0.2, 0.25) is 0 Å². The molecule has 90 valence electrons. The molecule has 2 rings (SSSR count). The first-order valence-electron chi connectivity index (χ1n) is 5.11. The average Bonchev–Trinajstić information content (AvgIpc) is 2.66. The number of ketones is 1. The van der Waals surface area contributed by atoms with Crippen molar-refractivity contribution in [3.05, 3.63) is 23.3 Å². The van der Waals surface area contributed by atoms with Gasteiger partial charge < -0.3 is 14.6 Å². The van der Waals surface area contributed by atoms with Crippen LogP contribution in [0.1, 0.15) is 28.3 Å². The van der Waals surface area contributed by atoms with Crippen LogP contribution in [-0.2, 0) is 4.79 Å². The van der Waals surface area contributed by atoms with Crippen molar-refractivity contribution < 1.29 is 24.2 Å². The maximum absolute atomic E-state index is 11.7. The van der Waals surface area contributed by atoms with E-state index in [4.69, 9.17) is 14.6 Å². The molecule has 0 radical (unpaired) electrons. The van der Waals surface area contributed by atoms with Crippen molar-refractivity contribution in [2.45, 2.75) is 12.3 Å². The third-order valence-electron chi connectivity index (χ3n) is 2.92. The van der Waals surface area contributed by atoms with E-state index in [1.54, 1.807) is 12.1 Å². The highest BCUT2D eigenvalue weighted by Crippen LogP contribution is 2.44. The minimum Gasteiger partial charge on any atom is -0.493 e. The predicted octanol–water partition coefficient (Wildman–Crippen LogP) is 1.46. The number of carbonyl (C=O) groups excluding carboxylic acids is 1. The fourth-order valence-corrected chi connectivity index (χ4v) is 2.15. The Morgan fingerprint density at radius 1 is 1.35 bits per heavy atom. The van der Waals surface area contributed by atoms with E-state index in [9.17, 15) is 9.59 Å². The number of ether oxygens (including phenoxy) is 2. The summed E-state index contributed by atoms with van der Waals surface area (Å²) in [4.78, 5) is 22.8. The molecule has 1 aromatic carbocycles. The van der Waals surface area contributed by atoms with Crippen LogP contribution in [0.5, 0.6) is 11.5 Å². The van der Waals surface area contributed by atoms with Gasteiger partial charge in [-0.1, -0.05) is 0 Å². The monoisotopic (exact) mass is 236 g/mol. The van der Waals surface area contributed by atoms with Gasteiger partial charge in [0, 0.05) is 17.5 Å². The van der Waals surface area contributed by atoms with E-state index < -0.39 is 11.9 Å². The molecule has 1 aromatic rings. The summed E-state index contributed by atoms with van der Waals surface area (Å²) in [6.07, 6.45) is -0.0196. The van der Waals surface area contributed by atoms with Gasteiger partial charge in [-0.2, -0.15) is 0 Å². The van der Waals surface area contributed by atoms with Crippen molar-refractivity contribution in [2.24, 2.45) is 0 Å². The standard InChI is InChI=1S/C12H12O5/c1-16-9-4-3-6-8(13)5-7(12(14)15)10(6)11(9)17-2/h3-4,7H,5H2,1-2H3,(H,14,15). The highest BCUT2D eigenvalue weighted by molar-refractivity contribution is 6.06. The number of fused-ring (bicyclic) bond motifs is 1. The van der Waals surface area contributed by atoms with Gasteiger partial charge in [-0.15, -0.1) is 0 Å². The predicted molar refractivity (Wildman–Crippen MR) is 58.9 cm³/mol. The summed E-state index contributed by atoms with van der Waals surface area (Å²) in [7, 11) is 2.90. The van der Waals surface area contributed by atoms with Crippen molar-refractivity contribution in [1.29, 1.82) is 0 Å². The normalized spacial score (nSPS) is 17.8. The first-order chi connectivity index (χ1) is 8.10. The molecule has 1 aliphatic rings. The number of Topliss-reactive ketones (excluding diaryl/α,β-unsaturated/α-hetero) is 1. The summed E-state index contributed by atoms with van der Waals surface area (Å²) in [5, 5.41) is 9.11. The molecule has 5 heteroatoms. The number of methoxy groups -OCH3 is 2. The Balaban J connectivity index is 2.66. The van der Waals surface area contributed by atoms with E-state index in [0.29, 0.717) is 22.6 Å². The smallest absolute Gasteiger partial charge is 0.311 e. The Morgan fingerprint density at radius 3 is 2.59 bits per heavy atom. The summed E-state index contributed by atoms with van der Waals surface area (Å²) in [6.45, 7) is 0. The van der Waals surface area contributed by atoms with E-state index in [2.05, 4.69) is 0 Å². The zero-order valence-corrected chi connectivity index (χ0v) is 9.52. The lowest BCUT2D eigenvalue weighted by atomic mass is 10.00. The lowest BCUT2D eigenvalue weighted by Crippen LogP contribution is -2.10. The Kier molecular flexibility index (Phi) is 2.75. The van der Waals surface area contributed by atoms with Crippen molar-refractivity contribution in [2.75, 3.05) is 14.2 Å².